The molecular formula is C19H17NO4. The zero-order valence-electron chi connectivity index (χ0n) is 13.2. The molecule has 2 aromatic rings. The Morgan fingerprint density at radius 2 is 1.71 bits per heavy atom. The molecule has 0 radical (unpaired) electrons. The molecule has 2 aromatic carbocycles. The van der Waals surface area contributed by atoms with E-state index in [1.54, 1.807) is 19.1 Å². The van der Waals surface area contributed by atoms with E-state index in [2.05, 4.69) is 5.32 Å². The van der Waals surface area contributed by atoms with E-state index in [0.29, 0.717) is 5.69 Å². The predicted molar refractivity (Wildman–Crippen MR) is 89.0 cm³/mol. The van der Waals surface area contributed by atoms with Crippen molar-refractivity contribution in [3.8, 4) is 0 Å². The third-order valence-electron chi connectivity index (χ3n) is 3.60. The molecule has 1 aliphatic heterocycles. The van der Waals surface area contributed by atoms with Gasteiger partial charge in [-0.2, -0.15) is 0 Å². The first-order valence-corrected chi connectivity index (χ1v) is 7.70. The largest absolute Gasteiger partial charge is 0.462 e. The quantitative estimate of drug-likeness (QED) is 0.856. The fourth-order valence-corrected chi connectivity index (χ4v) is 2.53. The van der Waals surface area contributed by atoms with Gasteiger partial charge in [0.2, 0.25) is 0 Å². The fourth-order valence-electron chi connectivity index (χ4n) is 2.53. The number of para-hydroxylation sites is 1. The van der Waals surface area contributed by atoms with Crippen LogP contribution in [-0.4, -0.2) is 18.5 Å². The van der Waals surface area contributed by atoms with Crippen molar-refractivity contribution in [2.45, 2.75) is 13.0 Å². The second-order valence-electron chi connectivity index (χ2n) is 5.20. The lowest BCUT2D eigenvalue weighted by Gasteiger charge is -2.13. The van der Waals surface area contributed by atoms with Crippen molar-refractivity contribution >= 4 is 17.6 Å². The summed E-state index contributed by atoms with van der Waals surface area (Å²) in [5.74, 6) is -1.13. The van der Waals surface area contributed by atoms with E-state index in [9.17, 15) is 9.59 Å². The van der Waals surface area contributed by atoms with Crippen LogP contribution in [0.2, 0.25) is 0 Å². The van der Waals surface area contributed by atoms with Crippen LogP contribution in [-0.2, 0) is 19.1 Å². The summed E-state index contributed by atoms with van der Waals surface area (Å²) in [6.07, 6.45) is -0.774. The summed E-state index contributed by atoms with van der Waals surface area (Å²) in [6, 6.07) is 18.3. The van der Waals surface area contributed by atoms with E-state index in [1.165, 1.54) is 0 Å². The van der Waals surface area contributed by atoms with Gasteiger partial charge in [0.15, 0.2) is 6.10 Å². The molecule has 1 N–H and O–H groups in total. The number of anilines is 1. The molecule has 0 aromatic heterocycles. The molecule has 0 spiro atoms. The highest BCUT2D eigenvalue weighted by Crippen LogP contribution is 2.36. The third kappa shape index (κ3) is 3.15. The van der Waals surface area contributed by atoms with Gasteiger partial charge in [0, 0.05) is 5.69 Å². The van der Waals surface area contributed by atoms with Gasteiger partial charge in [-0.05, 0) is 24.6 Å². The van der Waals surface area contributed by atoms with Gasteiger partial charge in [-0.1, -0.05) is 48.5 Å². The number of hydrogen-bond donors (Lipinski definition) is 1. The molecule has 0 amide bonds. The Balaban J connectivity index is 2.02. The Morgan fingerprint density at radius 1 is 1.08 bits per heavy atom. The molecule has 0 saturated heterocycles. The smallest absolute Gasteiger partial charge is 0.356 e. The van der Waals surface area contributed by atoms with Crippen molar-refractivity contribution in [2.24, 2.45) is 0 Å². The van der Waals surface area contributed by atoms with Crippen LogP contribution in [0.4, 0.5) is 5.69 Å². The van der Waals surface area contributed by atoms with Crippen LogP contribution in [0.15, 0.2) is 71.9 Å². The van der Waals surface area contributed by atoms with Crippen molar-refractivity contribution in [3.05, 3.63) is 77.5 Å². The summed E-state index contributed by atoms with van der Waals surface area (Å²) >= 11 is 0. The fraction of sp³-hybridized carbons (Fsp3) is 0.158. The minimum atomic E-state index is -0.774. The van der Waals surface area contributed by atoms with Gasteiger partial charge in [0.1, 0.15) is 11.3 Å². The van der Waals surface area contributed by atoms with E-state index in [4.69, 9.17) is 9.47 Å². The summed E-state index contributed by atoms with van der Waals surface area (Å²) in [5, 5.41) is 2.98. The number of carbonyl (C=O) groups is 2. The number of rotatable bonds is 5. The molecule has 5 heteroatoms. The highest BCUT2D eigenvalue weighted by Gasteiger charge is 2.40. The Labute approximate surface area is 139 Å². The van der Waals surface area contributed by atoms with E-state index in [0.717, 1.165) is 5.56 Å². The topological polar surface area (TPSA) is 64.6 Å². The van der Waals surface area contributed by atoms with Crippen LogP contribution >= 0.6 is 0 Å². The average molecular weight is 323 g/mol. The summed E-state index contributed by atoms with van der Waals surface area (Å²) in [5.41, 5.74) is 1.73. The van der Waals surface area contributed by atoms with Crippen LogP contribution in [0.1, 0.15) is 18.6 Å². The number of carbonyl (C=O) groups excluding carboxylic acids is 2. The van der Waals surface area contributed by atoms with Gasteiger partial charge in [-0.25, -0.2) is 9.59 Å². The molecule has 5 nitrogen and oxygen atoms in total. The summed E-state index contributed by atoms with van der Waals surface area (Å²) in [7, 11) is 0. The first-order chi connectivity index (χ1) is 11.7. The van der Waals surface area contributed by atoms with Crippen LogP contribution in [0, 0.1) is 0 Å². The number of cyclic esters (lactones) is 1. The van der Waals surface area contributed by atoms with E-state index >= 15 is 0 Å². The lowest BCUT2D eigenvalue weighted by molar-refractivity contribution is -0.142. The van der Waals surface area contributed by atoms with E-state index in [-0.39, 0.29) is 17.9 Å². The van der Waals surface area contributed by atoms with Crippen molar-refractivity contribution in [1.29, 1.82) is 0 Å². The Morgan fingerprint density at radius 3 is 2.33 bits per heavy atom. The second-order valence-corrected chi connectivity index (χ2v) is 5.20. The maximum absolute atomic E-state index is 12.4. The third-order valence-corrected chi connectivity index (χ3v) is 3.60. The first-order valence-electron chi connectivity index (χ1n) is 7.70. The molecule has 1 unspecified atom stereocenters. The maximum atomic E-state index is 12.4. The van der Waals surface area contributed by atoms with Gasteiger partial charge < -0.3 is 14.8 Å². The SMILES string of the molecule is CCOC(=O)C1=C(Nc2ccccc2)C(=O)OC1c1ccccc1. The Hall–Kier alpha value is -3.08. The van der Waals surface area contributed by atoms with E-state index in [1.807, 2.05) is 48.5 Å². The number of hydrogen-bond acceptors (Lipinski definition) is 5. The normalized spacial score (nSPS) is 16.7. The van der Waals surface area contributed by atoms with Crippen LogP contribution in [0.3, 0.4) is 0 Å². The van der Waals surface area contributed by atoms with Gasteiger partial charge >= 0.3 is 11.9 Å². The lowest BCUT2D eigenvalue weighted by Crippen LogP contribution is -2.16. The molecule has 1 atom stereocenters. The lowest BCUT2D eigenvalue weighted by atomic mass is 10.0. The zero-order chi connectivity index (χ0) is 16.9. The Kier molecular flexibility index (Phi) is 4.61. The number of esters is 2. The van der Waals surface area contributed by atoms with Gasteiger partial charge in [-0.15, -0.1) is 0 Å². The van der Waals surface area contributed by atoms with Crippen molar-refractivity contribution in [3.63, 3.8) is 0 Å². The predicted octanol–water partition coefficient (Wildman–Crippen LogP) is 3.21. The minimum absolute atomic E-state index is 0.119. The first kappa shape index (κ1) is 15.8. The molecule has 3 rings (SSSR count). The van der Waals surface area contributed by atoms with Crippen molar-refractivity contribution in [1.82, 2.24) is 0 Å². The Bertz CT molecular complexity index is 768. The molecule has 0 saturated carbocycles. The van der Waals surface area contributed by atoms with E-state index < -0.39 is 18.0 Å². The van der Waals surface area contributed by atoms with Gasteiger partial charge in [0.25, 0.3) is 0 Å². The molecule has 0 bridgehead atoms. The van der Waals surface area contributed by atoms with Crippen molar-refractivity contribution in [2.75, 3.05) is 11.9 Å². The highest BCUT2D eigenvalue weighted by molar-refractivity contribution is 6.06. The molecule has 0 fully saturated rings. The second kappa shape index (κ2) is 7.00. The van der Waals surface area contributed by atoms with Gasteiger partial charge in [0.05, 0.1) is 6.61 Å². The molecule has 0 aliphatic carbocycles. The molecule has 1 heterocycles. The highest BCUT2D eigenvalue weighted by atomic mass is 16.6. The average Bonchev–Trinajstić information content (AvgIpc) is 2.93. The molecular weight excluding hydrogens is 306 g/mol. The summed E-state index contributed by atoms with van der Waals surface area (Å²) in [4.78, 5) is 24.8. The van der Waals surface area contributed by atoms with Gasteiger partial charge in [-0.3, -0.25) is 0 Å². The maximum Gasteiger partial charge on any atom is 0.356 e. The molecule has 24 heavy (non-hydrogen) atoms. The number of nitrogens with one attached hydrogen (secondary N) is 1. The molecule has 122 valence electrons. The minimum Gasteiger partial charge on any atom is -0.462 e. The number of ether oxygens (including phenoxy) is 2. The monoisotopic (exact) mass is 323 g/mol. The van der Waals surface area contributed by atoms with Crippen LogP contribution < -0.4 is 5.32 Å². The zero-order valence-corrected chi connectivity index (χ0v) is 13.2. The standard InChI is InChI=1S/C19H17NO4/c1-2-23-18(21)15-16(20-14-11-7-4-8-12-14)19(22)24-17(15)13-9-5-3-6-10-13/h3-12,17,20H,2H2,1H3. The van der Waals surface area contributed by atoms with Crippen molar-refractivity contribution < 1.29 is 19.1 Å². The molecule has 1 aliphatic rings. The summed E-state index contributed by atoms with van der Waals surface area (Å²) in [6.45, 7) is 1.94. The van der Waals surface area contributed by atoms with Crippen LogP contribution in [0.25, 0.3) is 0 Å². The summed E-state index contributed by atoms with van der Waals surface area (Å²) < 4.78 is 10.6. The van der Waals surface area contributed by atoms with Crippen LogP contribution in [0.5, 0.6) is 0 Å². The number of benzene rings is 2.